The third kappa shape index (κ3) is 2.00. The Morgan fingerprint density at radius 2 is 2.11 bits per heavy atom. The van der Waals surface area contributed by atoms with Crippen molar-refractivity contribution < 1.29 is 13.9 Å². The van der Waals surface area contributed by atoms with Crippen LogP contribution in [-0.4, -0.2) is 10.1 Å². The lowest BCUT2D eigenvalue weighted by Gasteiger charge is -2.09. The van der Waals surface area contributed by atoms with Gasteiger partial charge in [0.1, 0.15) is 11.9 Å². The molecule has 0 saturated carbocycles. The number of aliphatic hydroxyl groups is 1. The van der Waals surface area contributed by atoms with Crippen molar-refractivity contribution in [3.63, 3.8) is 0 Å². The van der Waals surface area contributed by atoms with E-state index in [-0.39, 0.29) is 5.58 Å². The fourth-order valence-corrected chi connectivity index (χ4v) is 2.12. The second-order valence-electron chi connectivity index (χ2n) is 4.39. The molecule has 2 heterocycles. The first-order chi connectivity index (χ1) is 9.16. The highest BCUT2D eigenvalue weighted by molar-refractivity contribution is 5.78. The summed E-state index contributed by atoms with van der Waals surface area (Å²) < 4.78 is 19.0. The van der Waals surface area contributed by atoms with Crippen LogP contribution >= 0.6 is 0 Å². The van der Waals surface area contributed by atoms with Gasteiger partial charge in [0.05, 0.1) is 0 Å². The van der Waals surface area contributed by atoms with Crippen molar-refractivity contribution in [2.45, 2.75) is 13.0 Å². The van der Waals surface area contributed by atoms with Gasteiger partial charge in [-0.05, 0) is 25.1 Å². The Morgan fingerprint density at radius 3 is 2.84 bits per heavy atom. The van der Waals surface area contributed by atoms with Crippen LogP contribution in [0.1, 0.15) is 23.1 Å². The van der Waals surface area contributed by atoms with Crippen molar-refractivity contribution in [2.24, 2.45) is 0 Å². The minimum Gasteiger partial charge on any atom is -0.455 e. The average Bonchev–Trinajstić information content (AvgIpc) is 2.84. The third-order valence-electron chi connectivity index (χ3n) is 3.13. The quantitative estimate of drug-likeness (QED) is 0.765. The Balaban J connectivity index is 2.10. The molecule has 0 fully saturated rings. The molecule has 2 aromatic heterocycles. The summed E-state index contributed by atoms with van der Waals surface area (Å²) in [4.78, 5) is 4.12. The predicted octanol–water partition coefficient (Wildman–Crippen LogP) is 3.36. The summed E-state index contributed by atoms with van der Waals surface area (Å²) in [6.07, 6.45) is 0.713. The summed E-state index contributed by atoms with van der Waals surface area (Å²) in [7, 11) is 0. The smallest absolute Gasteiger partial charge is 0.170 e. The molecule has 0 saturated heterocycles. The second-order valence-corrected chi connectivity index (χ2v) is 4.39. The van der Waals surface area contributed by atoms with Crippen molar-refractivity contribution in [3.8, 4) is 0 Å². The second kappa shape index (κ2) is 4.48. The number of nitrogens with zero attached hydrogens (tertiary/aromatic N) is 1. The average molecular weight is 257 g/mol. The van der Waals surface area contributed by atoms with Crippen LogP contribution in [0.25, 0.3) is 11.0 Å². The normalized spacial score (nSPS) is 12.8. The van der Waals surface area contributed by atoms with Gasteiger partial charge in [-0.15, -0.1) is 0 Å². The Morgan fingerprint density at radius 1 is 1.26 bits per heavy atom. The molecule has 0 bridgehead atoms. The van der Waals surface area contributed by atoms with E-state index in [9.17, 15) is 9.50 Å². The largest absolute Gasteiger partial charge is 0.455 e. The molecule has 1 unspecified atom stereocenters. The number of benzene rings is 1. The van der Waals surface area contributed by atoms with Crippen molar-refractivity contribution >= 4 is 11.0 Å². The van der Waals surface area contributed by atoms with Gasteiger partial charge in [-0.25, -0.2) is 4.39 Å². The molecule has 1 N–H and O–H groups in total. The van der Waals surface area contributed by atoms with E-state index in [4.69, 9.17) is 4.42 Å². The minimum absolute atomic E-state index is 0.165. The van der Waals surface area contributed by atoms with Crippen LogP contribution < -0.4 is 0 Å². The van der Waals surface area contributed by atoms with Crippen LogP contribution in [0.4, 0.5) is 4.39 Å². The molecular formula is C15H12FNO2. The van der Waals surface area contributed by atoms with Gasteiger partial charge in [0.2, 0.25) is 0 Å². The van der Waals surface area contributed by atoms with Gasteiger partial charge < -0.3 is 9.52 Å². The molecule has 19 heavy (non-hydrogen) atoms. The number of hydrogen-bond donors (Lipinski definition) is 1. The summed E-state index contributed by atoms with van der Waals surface area (Å²) in [5.74, 6) is -0.116. The highest BCUT2D eigenvalue weighted by Crippen LogP contribution is 2.30. The lowest BCUT2D eigenvalue weighted by atomic mass is 10.1. The zero-order valence-electron chi connectivity index (χ0n) is 10.3. The molecule has 1 atom stereocenters. The summed E-state index contributed by atoms with van der Waals surface area (Å²) in [6.45, 7) is 1.81. The molecular weight excluding hydrogens is 245 g/mol. The van der Waals surface area contributed by atoms with Crippen LogP contribution in [0, 0.1) is 12.7 Å². The van der Waals surface area contributed by atoms with Crippen LogP contribution in [0.3, 0.4) is 0 Å². The predicted molar refractivity (Wildman–Crippen MR) is 69.2 cm³/mol. The monoisotopic (exact) mass is 257 g/mol. The highest BCUT2D eigenvalue weighted by atomic mass is 19.1. The standard InChI is InChI=1S/C15H12FNO2/c1-9-11(5-3-7-17-9)14(18)13-8-10-4-2-6-12(16)15(10)19-13/h2-8,14,18H,1H3. The number of hydrogen-bond acceptors (Lipinski definition) is 3. The Bertz CT molecular complexity index is 736. The van der Waals surface area contributed by atoms with E-state index in [2.05, 4.69) is 4.98 Å². The van der Waals surface area contributed by atoms with Gasteiger partial charge in [-0.3, -0.25) is 4.98 Å². The molecule has 0 aliphatic heterocycles. The van der Waals surface area contributed by atoms with Gasteiger partial charge in [-0.2, -0.15) is 0 Å². The summed E-state index contributed by atoms with van der Waals surface area (Å²) in [5, 5.41) is 10.9. The first kappa shape index (κ1) is 11.9. The summed E-state index contributed by atoms with van der Waals surface area (Å²) in [6, 6.07) is 9.85. The molecule has 0 aliphatic rings. The minimum atomic E-state index is -0.944. The van der Waals surface area contributed by atoms with E-state index in [1.54, 1.807) is 36.5 Å². The third-order valence-corrected chi connectivity index (χ3v) is 3.13. The van der Waals surface area contributed by atoms with Gasteiger partial charge in [0.15, 0.2) is 11.4 Å². The molecule has 0 spiro atoms. The molecule has 4 heteroatoms. The van der Waals surface area contributed by atoms with Crippen molar-refractivity contribution in [3.05, 3.63) is 65.4 Å². The van der Waals surface area contributed by atoms with Crippen molar-refractivity contribution in [2.75, 3.05) is 0 Å². The number of aryl methyl sites for hydroxylation is 1. The van der Waals surface area contributed by atoms with E-state index >= 15 is 0 Å². The lowest BCUT2D eigenvalue weighted by Crippen LogP contribution is -2.01. The number of aromatic nitrogens is 1. The van der Waals surface area contributed by atoms with Gasteiger partial charge in [0.25, 0.3) is 0 Å². The number of para-hydroxylation sites is 1. The molecule has 0 radical (unpaired) electrons. The maximum absolute atomic E-state index is 13.6. The van der Waals surface area contributed by atoms with Crippen molar-refractivity contribution in [1.29, 1.82) is 0 Å². The SMILES string of the molecule is Cc1ncccc1C(O)c1cc2cccc(F)c2o1. The van der Waals surface area contributed by atoms with Crippen LogP contribution in [0.5, 0.6) is 0 Å². The lowest BCUT2D eigenvalue weighted by molar-refractivity contribution is 0.190. The van der Waals surface area contributed by atoms with E-state index < -0.39 is 11.9 Å². The fourth-order valence-electron chi connectivity index (χ4n) is 2.12. The Kier molecular flexibility index (Phi) is 2.80. The molecule has 3 nitrogen and oxygen atoms in total. The first-order valence-corrected chi connectivity index (χ1v) is 5.94. The number of furan rings is 1. The van der Waals surface area contributed by atoms with Crippen molar-refractivity contribution in [1.82, 2.24) is 4.98 Å². The number of fused-ring (bicyclic) bond motifs is 1. The van der Waals surface area contributed by atoms with E-state index in [1.165, 1.54) is 6.07 Å². The zero-order valence-corrected chi connectivity index (χ0v) is 10.3. The number of rotatable bonds is 2. The van der Waals surface area contributed by atoms with Crippen LogP contribution in [-0.2, 0) is 0 Å². The number of halogens is 1. The first-order valence-electron chi connectivity index (χ1n) is 5.94. The van der Waals surface area contributed by atoms with E-state index in [0.717, 1.165) is 5.69 Å². The highest BCUT2D eigenvalue weighted by Gasteiger charge is 2.18. The number of pyridine rings is 1. The Hall–Kier alpha value is -2.20. The van der Waals surface area contributed by atoms with Crippen LogP contribution in [0.15, 0.2) is 47.0 Å². The van der Waals surface area contributed by atoms with E-state index in [1.807, 2.05) is 6.92 Å². The zero-order chi connectivity index (χ0) is 13.4. The van der Waals surface area contributed by atoms with Crippen LogP contribution in [0.2, 0.25) is 0 Å². The molecule has 3 rings (SSSR count). The Labute approximate surface area is 109 Å². The topological polar surface area (TPSA) is 46.3 Å². The molecule has 0 amide bonds. The summed E-state index contributed by atoms with van der Waals surface area (Å²) in [5.41, 5.74) is 1.54. The van der Waals surface area contributed by atoms with Gasteiger partial charge in [0, 0.05) is 22.8 Å². The molecule has 3 aromatic rings. The molecule has 0 aliphatic carbocycles. The molecule has 96 valence electrons. The summed E-state index contributed by atoms with van der Waals surface area (Å²) >= 11 is 0. The maximum atomic E-state index is 13.6. The van der Waals surface area contributed by atoms with Gasteiger partial charge in [-0.1, -0.05) is 18.2 Å². The fraction of sp³-hybridized carbons (Fsp3) is 0.133. The number of aliphatic hydroxyl groups excluding tert-OH is 1. The van der Waals surface area contributed by atoms with Gasteiger partial charge >= 0.3 is 0 Å². The maximum Gasteiger partial charge on any atom is 0.170 e. The molecule has 1 aromatic carbocycles. The van der Waals surface area contributed by atoms with E-state index in [0.29, 0.717) is 16.7 Å².